The van der Waals surface area contributed by atoms with Crippen LogP contribution in [0.25, 0.3) is 0 Å². The Kier molecular flexibility index (Phi) is 4.05. The Labute approximate surface area is 83.8 Å². The van der Waals surface area contributed by atoms with Crippen molar-refractivity contribution in [3.8, 4) is 0 Å². The third kappa shape index (κ3) is 3.37. The van der Waals surface area contributed by atoms with Gasteiger partial charge in [0.15, 0.2) is 0 Å². The van der Waals surface area contributed by atoms with Gasteiger partial charge in [-0.05, 0) is 31.6 Å². The molecule has 0 radical (unpaired) electrons. The molecular weight excluding hydrogens is 186 g/mol. The summed E-state index contributed by atoms with van der Waals surface area (Å²) in [6, 6.07) is 0. The molecule has 82 valence electrons. The minimum atomic E-state index is -2.49. The number of rotatable bonds is 4. The van der Waals surface area contributed by atoms with Gasteiger partial charge < -0.3 is 5.11 Å². The number of halogens is 2. The number of hydrogen-bond acceptors (Lipinski definition) is 1. The highest BCUT2D eigenvalue weighted by Gasteiger charge is 2.36. The SMILES string of the molecule is C=CCCC(O)C1CCC(F)(F)CC1. The zero-order chi connectivity index (χ0) is 10.6. The number of allylic oxidation sites excluding steroid dienone is 1. The van der Waals surface area contributed by atoms with E-state index < -0.39 is 12.0 Å². The number of aliphatic hydroxyl groups excluding tert-OH is 1. The lowest BCUT2D eigenvalue weighted by Crippen LogP contribution is -2.30. The molecule has 1 unspecified atom stereocenters. The standard InChI is InChI=1S/C11H18F2O/c1-2-3-4-10(14)9-5-7-11(12,13)8-6-9/h2,9-10,14H,1,3-8H2. The summed E-state index contributed by atoms with van der Waals surface area (Å²) in [5, 5.41) is 9.68. The molecular formula is C11H18F2O. The van der Waals surface area contributed by atoms with E-state index in [9.17, 15) is 13.9 Å². The molecule has 0 aromatic heterocycles. The molecule has 1 aliphatic carbocycles. The van der Waals surface area contributed by atoms with Gasteiger partial charge in [-0.1, -0.05) is 6.08 Å². The smallest absolute Gasteiger partial charge is 0.248 e. The van der Waals surface area contributed by atoms with Gasteiger partial charge in [-0.25, -0.2) is 8.78 Å². The Bertz CT molecular complexity index is 182. The van der Waals surface area contributed by atoms with Crippen molar-refractivity contribution in [2.75, 3.05) is 0 Å². The van der Waals surface area contributed by atoms with Gasteiger partial charge in [-0.2, -0.15) is 0 Å². The van der Waals surface area contributed by atoms with E-state index in [1.807, 2.05) is 0 Å². The number of aliphatic hydroxyl groups is 1. The maximum Gasteiger partial charge on any atom is 0.248 e. The van der Waals surface area contributed by atoms with E-state index >= 15 is 0 Å². The summed E-state index contributed by atoms with van der Waals surface area (Å²) < 4.78 is 25.6. The molecule has 1 rings (SSSR count). The Hall–Kier alpha value is -0.440. The predicted octanol–water partition coefficient (Wildman–Crippen LogP) is 3.14. The van der Waals surface area contributed by atoms with E-state index in [1.165, 1.54) is 0 Å². The van der Waals surface area contributed by atoms with Crippen LogP contribution in [0.15, 0.2) is 12.7 Å². The molecule has 0 aromatic rings. The zero-order valence-electron chi connectivity index (χ0n) is 8.38. The predicted molar refractivity (Wildman–Crippen MR) is 52.3 cm³/mol. The highest BCUT2D eigenvalue weighted by atomic mass is 19.3. The first-order valence-electron chi connectivity index (χ1n) is 5.22. The highest BCUT2D eigenvalue weighted by molar-refractivity contribution is 4.82. The minimum Gasteiger partial charge on any atom is -0.393 e. The van der Waals surface area contributed by atoms with Crippen LogP contribution in [0.1, 0.15) is 38.5 Å². The third-order valence-corrected chi connectivity index (χ3v) is 2.97. The summed E-state index contributed by atoms with van der Waals surface area (Å²) in [6.07, 6.45) is 3.50. The first kappa shape index (κ1) is 11.6. The van der Waals surface area contributed by atoms with Crippen molar-refractivity contribution >= 4 is 0 Å². The van der Waals surface area contributed by atoms with Crippen molar-refractivity contribution in [3.05, 3.63) is 12.7 Å². The second kappa shape index (κ2) is 4.87. The minimum absolute atomic E-state index is 0.0644. The molecule has 0 amide bonds. The lowest BCUT2D eigenvalue weighted by molar-refractivity contribution is -0.0628. The van der Waals surface area contributed by atoms with Gasteiger partial charge in [0.2, 0.25) is 5.92 Å². The van der Waals surface area contributed by atoms with E-state index in [2.05, 4.69) is 6.58 Å². The van der Waals surface area contributed by atoms with E-state index in [4.69, 9.17) is 0 Å². The lowest BCUT2D eigenvalue weighted by atomic mass is 9.82. The Balaban J connectivity index is 2.30. The van der Waals surface area contributed by atoms with Gasteiger partial charge in [0.1, 0.15) is 0 Å². The Morgan fingerprint density at radius 1 is 1.43 bits per heavy atom. The van der Waals surface area contributed by atoms with Gasteiger partial charge in [-0.15, -0.1) is 6.58 Å². The molecule has 0 spiro atoms. The Morgan fingerprint density at radius 3 is 2.50 bits per heavy atom. The molecule has 0 saturated heterocycles. The van der Waals surface area contributed by atoms with Crippen molar-refractivity contribution in [1.29, 1.82) is 0 Å². The first-order valence-corrected chi connectivity index (χ1v) is 5.22. The number of hydrogen-bond donors (Lipinski definition) is 1. The fourth-order valence-electron chi connectivity index (χ4n) is 1.97. The summed E-state index contributed by atoms with van der Waals surface area (Å²) in [4.78, 5) is 0. The fraction of sp³-hybridized carbons (Fsp3) is 0.818. The average Bonchev–Trinajstić information content (AvgIpc) is 2.14. The molecule has 0 bridgehead atoms. The van der Waals surface area contributed by atoms with Gasteiger partial charge in [0.05, 0.1) is 6.10 Å². The molecule has 1 aliphatic rings. The van der Waals surface area contributed by atoms with Crippen LogP contribution >= 0.6 is 0 Å². The normalized spacial score (nSPS) is 24.5. The van der Waals surface area contributed by atoms with Gasteiger partial charge >= 0.3 is 0 Å². The van der Waals surface area contributed by atoms with Crippen LogP contribution < -0.4 is 0 Å². The lowest BCUT2D eigenvalue weighted by Gasteiger charge is -2.31. The molecule has 1 nitrogen and oxygen atoms in total. The highest BCUT2D eigenvalue weighted by Crippen LogP contribution is 2.38. The molecule has 0 aromatic carbocycles. The second-order valence-corrected chi connectivity index (χ2v) is 4.13. The van der Waals surface area contributed by atoms with Crippen LogP contribution in [0.5, 0.6) is 0 Å². The van der Waals surface area contributed by atoms with Crippen LogP contribution in [-0.4, -0.2) is 17.1 Å². The van der Waals surface area contributed by atoms with Gasteiger partial charge in [-0.3, -0.25) is 0 Å². The van der Waals surface area contributed by atoms with Gasteiger partial charge in [0.25, 0.3) is 0 Å². The van der Waals surface area contributed by atoms with Crippen LogP contribution in [0, 0.1) is 5.92 Å². The van der Waals surface area contributed by atoms with Gasteiger partial charge in [0, 0.05) is 12.8 Å². The van der Waals surface area contributed by atoms with Crippen LogP contribution in [0.4, 0.5) is 8.78 Å². The van der Waals surface area contributed by atoms with Crippen molar-refractivity contribution < 1.29 is 13.9 Å². The molecule has 1 atom stereocenters. The maximum absolute atomic E-state index is 12.8. The fourth-order valence-corrected chi connectivity index (χ4v) is 1.97. The molecule has 1 N–H and O–H groups in total. The van der Waals surface area contributed by atoms with E-state index in [-0.39, 0.29) is 18.8 Å². The van der Waals surface area contributed by atoms with E-state index in [1.54, 1.807) is 6.08 Å². The quantitative estimate of drug-likeness (QED) is 0.697. The third-order valence-electron chi connectivity index (χ3n) is 2.97. The topological polar surface area (TPSA) is 20.2 Å². The van der Waals surface area contributed by atoms with Crippen LogP contribution in [-0.2, 0) is 0 Å². The summed E-state index contributed by atoms with van der Waals surface area (Å²) in [5.74, 6) is -2.43. The molecule has 0 aliphatic heterocycles. The molecule has 1 fully saturated rings. The average molecular weight is 204 g/mol. The molecule has 3 heteroatoms. The zero-order valence-corrected chi connectivity index (χ0v) is 8.38. The van der Waals surface area contributed by atoms with E-state index in [0.717, 1.165) is 6.42 Å². The van der Waals surface area contributed by atoms with Crippen LogP contribution in [0.2, 0.25) is 0 Å². The molecule has 0 heterocycles. The summed E-state index contributed by atoms with van der Waals surface area (Å²) in [6.45, 7) is 3.57. The Morgan fingerprint density at radius 2 is 2.00 bits per heavy atom. The molecule has 14 heavy (non-hydrogen) atoms. The monoisotopic (exact) mass is 204 g/mol. The molecule has 1 saturated carbocycles. The second-order valence-electron chi connectivity index (χ2n) is 4.13. The summed E-state index contributed by atoms with van der Waals surface area (Å²) in [7, 11) is 0. The van der Waals surface area contributed by atoms with Crippen molar-refractivity contribution in [2.24, 2.45) is 5.92 Å². The summed E-state index contributed by atoms with van der Waals surface area (Å²) in [5.41, 5.74) is 0. The number of alkyl halides is 2. The summed E-state index contributed by atoms with van der Waals surface area (Å²) >= 11 is 0. The first-order chi connectivity index (χ1) is 6.55. The largest absolute Gasteiger partial charge is 0.393 e. The van der Waals surface area contributed by atoms with Crippen molar-refractivity contribution in [3.63, 3.8) is 0 Å². The van der Waals surface area contributed by atoms with E-state index in [0.29, 0.717) is 19.3 Å². The maximum atomic E-state index is 12.8. The van der Waals surface area contributed by atoms with Crippen LogP contribution in [0.3, 0.4) is 0 Å². The van der Waals surface area contributed by atoms with Crippen molar-refractivity contribution in [2.45, 2.75) is 50.6 Å². The van der Waals surface area contributed by atoms with Crippen molar-refractivity contribution in [1.82, 2.24) is 0 Å².